The van der Waals surface area contributed by atoms with Gasteiger partial charge in [-0.1, -0.05) is 22.0 Å². The van der Waals surface area contributed by atoms with E-state index in [0.29, 0.717) is 23.0 Å². The Hall–Kier alpha value is -2.91. The number of halogens is 1. The van der Waals surface area contributed by atoms with Crippen molar-refractivity contribution in [2.45, 2.75) is 13.8 Å². The smallest absolute Gasteiger partial charge is 0.136 e. The molecule has 0 unspecified atom stereocenters. The molecule has 0 aliphatic heterocycles. The highest BCUT2D eigenvalue weighted by atomic mass is 79.9. The molecule has 0 saturated heterocycles. The van der Waals surface area contributed by atoms with Crippen LogP contribution in [0.15, 0.2) is 53.0 Å². The van der Waals surface area contributed by atoms with Gasteiger partial charge in [0, 0.05) is 21.9 Å². The van der Waals surface area contributed by atoms with Gasteiger partial charge in [-0.15, -0.1) is 0 Å². The van der Waals surface area contributed by atoms with Crippen LogP contribution >= 0.6 is 15.9 Å². The summed E-state index contributed by atoms with van der Waals surface area (Å²) in [5.74, 6) is 2.05. The number of benzene rings is 2. The maximum Gasteiger partial charge on any atom is 0.136 e. The summed E-state index contributed by atoms with van der Waals surface area (Å²) in [6, 6.07) is 17.2. The maximum absolute atomic E-state index is 8.87. The second-order valence-corrected chi connectivity index (χ2v) is 6.44. The number of aryl methyl sites for hydroxylation is 2. The molecule has 0 atom stereocenters. The lowest BCUT2D eigenvalue weighted by Gasteiger charge is -2.11. The highest BCUT2D eigenvalue weighted by Crippen LogP contribution is 2.24. The van der Waals surface area contributed by atoms with E-state index in [9.17, 15) is 0 Å². The number of nitrogens with one attached hydrogen (secondary N) is 2. The predicted molar refractivity (Wildman–Crippen MR) is 103 cm³/mol. The Balaban J connectivity index is 1.82. The van der Waals surface area contributed by atoms with Gasteiger partial charge >= 0.3 is 0 Å². The fourth-order valence-corrected chi connectivity index (χ4v) is 2.67. The van der Waals surface area contributed by atoms with Gasteiger partial charge in [0.2, 0.25) is 0 Å². The van der Waals surface area contributed by atoms with Crippen LogP contribution in [0, 0.1) is 25.2 Å². The summed E-state index contributed by atoms with van der Waals surface area (Å²) in [6.45, 7) is 3.89. The summed E-state index contributed by atoms with van der Waals surface area (Å²) in [4.78, 5) is 8.84. The molecule has 0 aliphatic rings. The van der Waals surface area contributed by atoms with Crippen molar-refractivity contribution in [1.82, 2.24) is 9.97 Å². The molecule has 3 aromatic rings. The van der Waals surface area contributed by atoms with Crippen LogP contribution in [-0.2, 0) is 0 Å². The summed E-state index contributed by atoms with van der Waals surface area (Å²) in [5, 5.41) is 15.4. The van der Waals surface area contributed by atoms with Gasteiger partial charge < -0.3 is 10.6 Å². The van der Waals surface area contributed by atoms with E-state index in [1.165, 1.54) is 5.56 Å². The van der Waals surface area contributed by atoms with Crippen LogP contribution in [0.3, 0.4) is 0 Å². The highest BCUT2D eigenvalue weighted by Gasteiger charge is 2.05. The first-order valence-electron chi connectivity index (χ1n) is 7.69. The first-order valence-corrected chi connectivity index (χ1v) is 8.49. The third-order valence-corrected chi connectivity index (χ3v) is 4.42. The molecule has 5 nitrogen and oxygen atoms in total. The average molecular weight is 394 g/mol. The summed E-state index contributed by atoms with van der Waals surface area (Å²) in [6.07, 6.45) is 0. The molecule has 0 radical (unpaired) electrons. The van der Waals surface area contributed by atoms with Gasteiger partial charge in [0.05, 0.1) is 11.6 Å². The maximum atomic E-state index is 8.87. The van der Waals surface area contributed by atoms with Crippen LogP contribution in [0.1, 0.15) is 17.0 Å². The van der Waals surface area contributed by atoms with E-state index in [0.717, 1.165) is 15.8 Å². The molecule has 2 aromatic carbocycles. The monoisotopic (exact) mass is 393 g/mol. The topological polar surface area (TPSA) is 73.6 Å². The Morgan fingerprint density at radius 2 is 1.48 bits per heavy atom. The van der Waals surface area contributed by atoms with Gasteiger partial charge in [-0.2, -0.15) is 5.26 Å². The molecule has 0 saturated carbocycles. The van der Waals surface area contributed by atoms with E-state index in [1.807, 2.05) is 50.2 Å². The van der Waals surface area contributed by atoms with Crippen molar-refractivity contribution in [1.29, 1.82) is 5.26 Å². The van der Waals surface area contributed by atoms with Crippen LogP contribution in [-0.4, -0.2) is 9.97 Å². The first-order chi connectivity index (χ1) is 12.0. The van der Waals surface area contributed by atoms with Crippen LogP contribution in [0.2, 0.25) is 0 Å². The van der Waals surface area contributed by atoms with Gasteiger partial charge in [-0.25, -0.2) is 9.97 Å². The molecule has 3 rings (SSSR count). The Morgan fingerprint density at radius 1 is 0.880 bits per heavy atom. The zero-order valence-corrected chi connectivity index (χ0v) is 15.4. The van der Waals surface area contributed by atoms with Crippen molar-refractivity contribution in [3.63, 3.8) is 0 Å². The van der Waals surface area contributed by atoms with Gasteiger partial charge in [-0.05, 0) is 55.8 Å². The van der Waals surface area contributed by atoms with Crippen molar-refractivity contribution in [3.05, 3.63) is 70.0 Å². The molecule has 0 spiro atoms. The minimum Gasteiger partial charge on any atom is -0.340 e. The Kier molecular flexibility index (Phi) is 4.96. The molecule has 25 heavy (non-hydrogen) atoms. The average Bonchev–Trinajstić information content (AvgIpc) is 2.58. The van der Waals surface area contributed by atoms with Crippen molar-refractivity contribution in [2.24, 2.45) is 0 Å². The summed E-state index contributed by atoms with van der Waals surface area (Å²) >= 11 is 3.54. The normalized spacial score (nSPS) is 10.2. The SMILES string of the molecule is Cc1nc(Nc2ccc(C#N)cc2)cc(Nc2ccc(C)c(Br)c2)n1. The summed E-state index contributed by atoms with van der Waals surface area (Å²) in [5.41, 5.74) is 3.60. The highest BCUT2D eigenvalue weighted by molar-refractivity contribution is 9.10. The van der Waals surface area contributed by atoms with E-state index in [2.05, 4.69) is 42.6 Å². The van der Waals surface area contributed by atoms with Crippen molar-refractivity contribution >= 4 is 38.9 Å². The number of hydrogen-bond acceptors (Lipinski definition) is 5. The van der Waals surface area contributed by atoms with Crippen molar-refractivity contribution in [2.75, 3.05) is 10.6 Å². The lowest BCUT2D eigenvalue weighted by atomic mass is 10.2. The third kappa shape index (κ3) is 4.34. The largest absolute Gasteiger partial charge is 0.340 e. The molecular formula is C19H16BrN5. The fraction of sp³-hybridized carbons (Fsp3) is 0.105. The number of hydrogen-bond donors (Lipinski definition) is 2. The number of nitriles is 1. The number of nitrogens with zero attached hydrogens (tertiary/aromatic N) is 3. The second kappa shape index (κ2) is 7.32. The fourth-order valence-electron chi connectivity index (χ4n) is 2.29. The first kappa shape index (κ1) is 16.9. The zero-order valence-electron chi connectivity index (χ0n) is 13.8. The van der Waals surface area contributed by atoms with E-state index in [-0.39, 0.29) is 0 Å². The van der Waals surface area contributed by atoms with Crippen LogP contribution in [0.5, 0.6) is 0 Å². The molecular weight excluding hydrogens is 378 g/mol. The standard InChI is InChI=1S/C19H16BrN5/c1-12-3-6-16(9-17(12)20)25-19-10-18(22-13(2)23-19)24-15-7-4-14(11-21)5-8-15/h3-10H,1-2H3,(H2,22,23,24,25). The van der Waals surface area contributed by atoms with E-state index >= 15 is 0 Å². The Bertz CT molecular complexity index is 945. The lowest BCUT2D eigenvalue weighted by molar-refractivity contribution is 1.06. The Morgan fingerprint density at radius 3 is 2.08 bits per heavy atom. The molecule has 124 valence electrons. The molecule has 0 amide bonds. The van der Waals surface area contributed by atoms with E-state index < -0.39 is 0 Å². The number of anilines is 4. The number of aromatic nitrogens is 2. The minimum atomic E-state index is 0.622. The van der Waals surface area contributed by atoms with Gasteiger partial charge in [0.15, 0.2) is 0 Å². The van der Waals surface area contributed by atoms with Gasteiger partial charge in [0.25, 0.3) is 0 Å². The zero-order chi connectivity index (χ0) is 17.8. The quantitative estimate of drug-likeness (QED) is 0.635. The van der Waals surface area contributed by atoms with Gasteiger partial charge in [-0.3, -0.25) is 0 Å². The molecule has 6 heteroatoms. The molecule has 0 fully saturated rings. The van der Waals surface area contributed by atoms with Crippen molar-refractivity contribution < 1.29 is 0 Å². The predicted octanol–water partition coefficient (Wildman–Crippen LogP) is 5.21. The van der Waals surface area contributed by atoms with E-state index in [4.69, 9.17) is 5.26 Å². The molecule has 0 aliphatic carbocycles. The van der Waals surface area contributed by atoms with E-state index in [1.54, 1.807) is 12.1 Å². The second-order valence-electron chi connectivity index (χ2n) is 5.59. The molecule has 0 bridgehead atoms. The van der Waals surface area contributed by atoms with Crippen LogP contribution in [0.25, 0.3) is 0 Å². The lowest BCUT2D eigenvalue weighted by Crippen LogP contribution is -2.01. The number of rotatable bonds is 4. The molecule has 1 aromatic heterocycles. The van der Waals surface area contributed by atoms with Crippen LogP contribution < -0.4 is 10.6 Å². The van der Waals surface area contributed by atoms with Crippen LogP contribution in [0.4, 0.5) is 23.0 Å². The Labute approximate surface area is 154 Å². The van der Waals surface area contributed by atoms with Crippen molar-refractivity contribution in [3.8, 4) is 6.07 Å². The molecule has 1 heterocycles. The summed E-state index contributed by atoms with van der Waals surface area (Å²) < 4.78 is 1.04. The minimum absolute atomic E-state index is 0.622. The molecule has 2 N–H and O–H groups in total. The summed E-state index contributed by atoms with van der Waals surface area (Å²) in [7, 11) is 0. The van der Waals surface area contributed by atoms with Gasteiger partial charge in [0.1, 0.15) is 17.5 Å². The third-order valence-electron chi connectivity index (χ3n) is 3.57.